The fourth-order valence-corrected chi connectivity index (χ4v) is 4.14. The van der Waals surface area contributed by atoms with Crippen molar-refractivity contribution in [2.75, 3.05) is 13.7 Å². The molecule has 0 aromatic rings. The molecule has 2 bridgehead atoms. The molecule has 3 heterocycles. The fourth-order valence-electron chi connectivity index (χ4n) is 4.14. The summed E-state index contributed by atoms with van der Waals surface area (Å²) in [5.74, 6) is -1.78. The molecule has 0 aromatic carbocycles. The molecule has 4 unspecified atom stereocenters. The highest BCUT2D eigenvalue weighted by atomic mass is 16.7. The summed E-state index contributed by atoms with van der Waals surface area (Å²) in [6.45, 7) is 6.80. The molecule has 1 N–H and O–H groups in total. The number of allylic oxidation sites excluding steroid dienone is 1. The van der Waals surface area contributed by atoms with Crippen molar-refractivity contribution < 1.29 is 33.6 Å². The Morgan fingerprint density at radius 3 is 2.75 bits per heavy atom. The minimum atomic E-state index is -0.825. The standard InChI is InChI=1S/C21H28O7/c1-6-12(2)18(23)26-15-9-13(3)21(25-5)8-7-20(4,28-21)10-16-17(15)14(11-22)19(24)27-16/h6,10,13,15,22H,7-9,11H2,1-5H3. The van der Waals surface area contributed by atoms with E-state index in [9.17, 15) is 14.7 Å². The zero-order chi connectivity index (χ0) is 20.7. The summed E-state index contributed by atoms with van der Waals surface area (Å²) >= 11 is 0. The molecule has 3 rings (SSSR count). The van der Waals surface area contributed by atoms with Gasteiger partial charge in [0.1, 0.15) is 11.9 Å². The third-order valence-corrected chi connectivity index (χ3v) is 6.00. The van der Waals surface area contributed by atoms with Crippen LogP contribution in [0, 0.1) is 5.92 Å². The maximum absolute atomic E-state index is 12.5. The Kier molecular flexibility index (Phi) is 5.53. The van der Waals surface area contributed by atoms with Crippen LogP contribution in [0.4, 0.5) is 0 Å². The first-order valence-electron chi connectivity index (χ1n) is 9.57. The van der Waals surface area contributed by atoms with Gasteiger partial charge in [-0.15, -0.1) is 0 Å². The van der Waals surface area contributed by atoms with Gasteiger partial charge < -0.3 is 24.1 Å². The molecule has 0 saturated carbocycles. The minimum absolute atomic E-state index is 0.113. The number of ether oxygens (including phenoxy) is 4. The van der Waals surface area contributed by atoms with Gasteiger partial charge in [0.2, 0.25) is 0 Å². The molecule has 1 saturated heterocycles. The molecule has 4 atom stereocenters. The maximum atomic E-state index is 12.5. The van der Waals surface area contributed by atoms with E-state index in [0.717, 1.165) is 0 Å². The minimum Gasteiger partial charge on any atom is -0.454 e. The van der Waals surface area contributed by atoms with Crippen molar-refractivity contribution in [1.29, 1.82) is 0 Å². The Morgan fingerprint density at radius 2 is 2.14 bits per heavy atom. The number of aliphatic hydroxyl groups is 1. The number of rotatable bonds is 4. The van der Waals surface area contributed by atoms with E-state index < -0.39 is 36.0 Å². The predicted molar refractivity (Wildman–Crippen MR) is 99.8 cm³/mol. The van der Waals surface area contributed by atoms with E-state index in [2.05, 4.69) is 0 Å². The van der Waals surface area contributed by atoms with Gasteiger partial charge in [0.25, 0.3) is 0 Å². The van der Waals surface area contributed by atoms with Gasteiger partial charge in [-0.05, 0) is 39.7 Å². The number of hydrogen-bond donors (Lipinski definition) is 1. The number of methoxy groups -OCH3 is 1. The topological polar surface area (TPSA) is 91.3 Å². The molecule has 1 fully saturated rings. The lowest BCUT2D eigenvalue weighted by molar-refractivity contribution is -0.255. The third kappa shape index (κ3) is 3.43. The first-order chi connectivity index (χ1) is 13.2. The Hall–Kier alpha value is -1.96. The molecule has 7 nitrogen and oxygen atoms in total. The molecular formula is C21H28O7. The number of esters is 2. The monoisotopic (exact) mass is 392 g/mol. The molecule has 0 amide bonds. The van der Waals surface area contributed by atoms with Crippen LogP contribution in [0.5, 0.6) is 0 Å². The van der Waals surface area contributed by atoms with Gasteiger partial charge in [-0.3, -0.25) is 0 Å². The lowest BCUT2D eigenvalue weighted by Gasteiger charge is -2.36. The van der Waals surface area contributed by atoms with Gasteiger partial charge >= 0.3 is 11.9 Å². The fraction of sp³-hybridized carbons (Fsp3) is 0.619. The summed E-state index contributed by atoms with van der Waals surface area (Å²) in [7, 11) is 1.61. The molecule has 3 aliphatic rings. The molecule has 3 aliphatic heterocycles. The first kappa shape index (κ1) is 20.8. The lowest BCUT2D eigenvalue weighted by Crippen LogP contribution is -2.42. The van der Waals surface area contributed by atoms with Crippen molar-refractivity contribution in [3.63, 3.8) is 0 Å². The molecule has 0 aromatic heterocycles. The summed E-state index contributed by atoms with van der Waals surface area (Å²) in [4.78, 5) is 24.8. The van der Waals surface area contributed by atoms with Crippen molar-refractivity contribution in [2.24, 2.45) is 5.92 Å². The predicted octanol–water partition coefficient (Wildman–Crippen LogP) is 2.55. The van der Waals surface area contributed by atoms with Crippen molar-refractivity contribution >= 4 is 11.9 Å². The zero-order valence-electron chi connectivity index (χ0n) is 17.0. The molecule has 0 aliphatic carbocycles. The number of aliphatic hydroxyl groups excluding tert-OH is 1. The SMILES string of the molecule is CC=C(C)C(=O)OC1CC(C)C2(OC)CCC(C)(C=C3OC(=O)C(CO)=C31)O2. The van der Waals surface area contributed by atoms with E-state index in [1.807, 2.05) is 13.8 Å². The van der Waals surface area contributed by atoms with Crippen LogP contribution in [-0.2, 0) is 28.5 Å². The molecule has 0 spiro atoms. The number of carbonyl (C=O) groups is 2. The summed E-state index contributed by atoms with van der Waals surface area (Å²) in [5, 5.41) is 9.78. The van der Waals surface area contributed by atoms with Gasteiger partial charge in [0, 0.05) is 30.6 Å². The Morgan fingerprint density at radius 1 is 1.43 bits per heavy atom. The molecule has 7 heteroatoms. The lowest BCUT2D eigenvalue weighted by atomic mass is 9.85. The van der Waals surface area contributed by atoms with Crippen molar-refractivity contribution in [1.82, 2.24) is 0 Å². The summed E-state index contributed by atoms with van der Waals surface area (Å²) in [6, 6.07) is 0. The summed E-state index contributed by atoms with van der Waals surface area (Å²) in [6.07, 6.45) is 4.36. The van der Waals surface area contributed by atoms with E-state index in [1.165, 1.54) is 0 Å². The van der Waals surface area contributed by atoms with Crippen LogP contribution in [0.1, 0.15) is 47.0 Å². The van der Waals surface area contributed by atoms with Gasteiger partial charge in [-0.2, -0.15) is 0 Å². The second-order valence-corrected chi connectivity index (χ2v) is 7.88. The van der Waals surface area contributed by atoms with E-state index in [0.29, 0.717) is 30.4 Å². The van der Waals surface area contributed by atoms with Gasteiger partial charge in [0.15, 0.2) is 5.79 Å². The van der Waals surface area contributed by atoms with Gasteiger partial charge in [-0.1, -0.05) is 13.0 Å². The smallest absolute Gasteiger partial charge is 0.342 e. The molecular weight excluding hydrogens is 364 g/mol. The summed E-state index contributed by atoms with van der Waals surface area (Å²) in [5.41, 5.74) is 0.289. The highest BCUT2D eigenvalue weighted by Crippen LogP contribution is 2.49. The highest BCUT2D eigenvalue weighted by Gasteiger charge is 2.53. The van der Waals surface area contributed by atoms with E-state index >= 15 is 0 Å². The van der Waals surface area contributed by atoms with Gasteiger partial charge in [0.05, 0.1) is 17.8 Å². The van der Waals surface area contributed by atoms with Crippen LogP contribution in [0.2, 0.25) is 0 Å². The number of hydrogen-bond acceptors (Lipinski definition) is 7. The average molecular weight is 392 g/mol. The molecule has 0 radical (unpaired) electrons. The summed E-state index contributed by atoms with van der Waals surface area (Å²) < 4.78 is 23.3. The van der Waals surface area contributed by atoms with E-state index in [-0.39, 0.29) is 17.3 Å². The maximum Gasteiger partial charge on any atom is 0.342 e. The van der Waals surface area contributed by atoms with Crippen LogP contribution in [0.25, 0.3) is 0 Å². The van der Waals surface area contributed by atoms with E-state index in [1.54, 1.807) is 33.1 Å². The Balaban J connectivity index is 2.12. The Bertz CT molecular complexity index is 778. The van der Waals surface area contributed by atoms with E-state index in [4.69, 9.17) is 18.9 Å². The van der Waals surface area contributed by atoms with Crippen LogP contribution in [0.15, 0.2) is 34.6 Å². The van der Waals surface area contributed by atoms with Crippen molar-refractivity contribution in [2.45, 2.75) is 64.4 Å². The molecule has 154 valence electrons. The van der Waals surface area contributed by atoms with Crippen molar-refractivity contribution in [3.05, 3.63) is 34.6 Å². The normalized spacial score (nSPS) is 35.6. The quantitative estimate of drug-likeness (QED) is 0.581. The number of carbonyl (C=O) groups excluding carboxylic acids is 2. The van der Waals surface area contributed by atoms with Crippen LogP contribution < -0.4 is 0 Å². The third-order valence-electron chi connectivity index (χ3n) is 6.00. The largest absolute Gasteiger partial charge is 0.454 e. The zero-order valence-corrected chi connectivity index (χ0v) is 17.0. The second kappa shape index (κ2) is 7.46. The first-order valence-corrected chi connectivity index (χ1v) is 9.57. The average Bonchev–Trinajstić information content (AvgIpc) is 3.17. The van der Waals surface area contributed by atoms with Gasteiger partial charge in [-0.25, -0.2) is 9.59 Å². The van der Waals surface area contributed by atoms with Crippen LogP contribution >= 0.6 is 0 Å². The number of fused-ring (bicyclic) bond motifs is 3. The van der Waals surface area contributed by atoms with Crippen LogP contribution in [0.3, 0.4) is 0 Å². The highest BCUT2D eigenvalue weighted by molar-refractivity contribution is 5.95. The van der Waals surface area contributed by atoms with Crippen LogP contribution in [-0.4, -0.2) is 48.3 Å². The Labute approximate surface area is 165 Å². The second-order valence-electron chi connectivity index (χ2n) is 7.88. The molecule has 28 heavy (non-hydrogen) atoms. The van der Waals surface area contributed by atoms with Crippen molar-refractivity contribution in [3.8, 4) is 0 Å².